The van der Waals surface area contributed by atoms with Gasteiger partial charge >= 0.3 is 0 Å². The summed E-state index contributed by atoms with van der Waals surface area (Å²) in [5.41, 5.74) is 2.23. The number of carbonyl (C=O) groups is 1. The Bertz CT molecular complexity index is 1360. The summed E-state index contributed by atoms with van der Waals surface area (Å²) in [6.45, 7) is 5.93. The number of rotatable bonds is 12. The summed E-state index contributed by atoms with van der Waals surface area (Å²) in [5, 5.41) is 2.92. The van der Waals surface area contributed by atoms with Crippen molar-refractivity contribution < 1.29 is 23.1 Å². The van der Waals surface area contributed by atoms with Crippen molar-refractivity contribution in [2.75, 3.05) is 39.4 Å². The SMILES string of the molecule is O=C(NCCN1CCOCC1)c1coc(CN(Cc2ccc(F)cc2)Cc2cccc(Oc3ccccc3)c2)n1. The smallest absolute Gasteiger partial charge is 0.273 e. The van der Waals surface area contributed by atoms with Crippen LogP contribution >= 0.6 is 0 Å². The van der Waals surface area contributed by atoms with Gasteiger partial charge in [0.05, 0.1) is 19.8 Å². The summed E-state index contributed by atoms with van der Waals surface area (Å²) in [7, 11) is 0. The zero-order chi connectivity index (χ0) is 27.6. The van der Waals surface area contributed by atoms with Crippen LogP contribution in [-0.2, 0) is 24.4 Å². The molecular formula is C31H33FN4O4. The monoisotopic (exact) mass is 544 g/mol. The summed E-state index contributed by atoms with van der Waals surface area (Å²) in [6.07, 6.45) is 1.39. The van der Waals surface area contributed by atoms with Gasteiger partial charge < -0.3 is 19.2 Å². The molecule has 8 nitrogen and oxygen atoms in total. The van der Waals surface area contributed by atoms with E-state index in [2.05, 4.69) is 20.1 Å². The lowest BCUT2D eigenvalue weighted by molar-refractivity contribution is 0.0383. The normalized spacial score (nSPS) is 13.8. The van der Waals surface area contributed by atoms with Gasteiger partial charge in [0, 0.05) is 39.3 Å². The predicted octanol–water partition coefficient (Wildman–Crippen LogP) is 4.87. The van der Waals surface area contributed by atoms with Gasteiger partial charge in [0.25, 0.3) is 5.91 Å². The van der Waals surface area contributed by atoms with Crippen LogP contribution in [0.2, 0.25) is 0 Å². The Morgan fingerprint density at radius 2 is 1.68 bits per heavy atom. The van der Waals surface area contributed by atoms with Crippen molar-refractivity contribution in [3.63, 3.8) is 0 Å². The van der Waals surface area contributed by atoms with Gasteiger partial charge in [0.2, 0.25) is 5.89 Å². The largest absolute Gasteiger partial charge is 0.457 e. The molecule has 0 unspecified atom stereocenters. The average Bonchev–Trinajstić information content (AvgIpc) is 3.44. The zero-order valence-corrected chi connectivity index (χ0v) is 22.3. The number of nitrogens with one attached hydrogen (secondary N) is 1. The number of amides is 1. The van der Waals surface area contributed by atoms with Crippen LogP contribution in [0.5, 0.6) is 11.5 Å². The predicted molar refractivity (Wildman–Crippen MR) is 148 cm³/mol. The van der Waals surface area contributed by atoms with Crippen molar-refractivity contribution in [2.24, 2.45) is 0 Å². The Kier molecular flexibility index (Phi) is 9.52. The number of oxazole rings is 1. The third-order valence-electron chi connectivity index (χ3n) is 6.56. The summed E-state index contributed by atoms with van der Waals surface area (Å²) < 4.78 is 30.6. The maximum absolute atomic E-state index is 13.5. The first-order valence-corrected chi connectivity index (χ1v) is 13.4. The van der Waals surface area contributed by atoms with E-state index in [0.29, 0.717) is 32.1 Å². The van der Waals surface area contributed by atoms with E-state index >= 15 is 0 Å². The minimum absolute atomic E-state index is 0.247. The molecule has 0 atom stereocenters. The second-order valence-electron chi connectivity index (χ2n) is 9.67. The number of benzene rings is 3. The molecule has 5 rings (SSSR count). The van der Waals surface area contributed by atoms with Crippen LogP contribution in [-0.4, -0.2) is 60.1 Å². The summed E-state index contributed by atoms with van der Waals surface area (Å²) in [5.74, 6) is 1.38. The fraction of sp³-hybridized carbons (Fsp3) is 0.290. The maximum atomic E-state index is 13.5. The minimum atomic E-state index is -0.280. The lowest BCUT2D eigenvalue weighted by Gasteiger charge is -2.26. The molecule has 0 radical (unpaired) electrons. The van der Waals surface area contributed by atoms with Crippen molar-refractivity contribution in [3.8, 4) is 11.5 Å². The molecule has 1 aliphatic heterocycles. The molecule has 0 saturated carbocycles. The maximum Gasteiger partial charge on any atom is 0.273 e. The van der Waals surface area contributed by atoms with E-state index in [0.717, 1.165) is 55.5 Å². The van der Waals surface area contributed by atoms with Gasteiger partial charge in [-0.3, -0.25) is 14.6 Å². The number of nitrogens with zero attached hydrogens (tertiary/aromatic N) is 3. The summed E-state index contributed by atoms with van der Waals surface area (Å²) >= 11 is 0. The van der Waals surface area contributed by atoms with E-state index in [4.69, 9.17) is 13.9 Å². The lowest BCUT2D eigenvalue weighted by Crippen LogP contribution is -2.41. The van der Waals surface area contributed by atoms with Gasteiger partial charge in [-0.15, -0.1) is 0 Å². The number of ether oxygens (including phenoxy) is 2. The molecule has 4 aromatic rings. The minimum Gasteiger partial charge on any atom is -0.457 e. The highest BCUT2D eigenvalue weighted by Crippen LogP contribution is 2.23. The number of hydrogen-bond acceptors (Lipinski definition) is 7. The standard InChI is InChI=1S/C31H33FN4O4/c32-26-11-9-24(10-12-26)20-36(21-25-5-4-8-28(19-25)40-27-6-2-1-3-7-27)22-30-34-29(23-39-30)31(37)33-13-14-35-15-17-38-18-16-35/h1-12,19,23H,13-18,20-22H2,(H,33,37). The number of aromatic nitrogens is 1. The highest BCUT2D eigenvalue weighted by Gasteiger charge is 2.17. The first-order chi connectivity index (χ1) is 19.6. The number of halogens is 1. The van der Waals surface area contributed by atoms with E-state index in [1.165, 1.54) is 18.4 Å². The van der Waals surface area contributed by atoms with Gasteiger partial charge in [-0.1, -0.05) is 42.5 Å². The molecule has 1 amide bonds. The molecular weight excluding hydrogens is 511 g/mol. The number of hydrogen-bond donors (Lipinski definition) is 1. The van der Waals surface area contributed by atoms with E-state index in [9.17, 15) is 9.18 Å². The average molecular weight is 545 g/mol. The van der Waals surface area contributed by atoms with E-state index in [1.807, 2.05) is 54.6 Å². The fourth-order valence-corrected chi connectivity index (χ4v) is 4.53. The van der Waals surface area contributed by atoms with Crippen LogP contribution in [0.1, 0.15) is 27.5 Å². The lowest BCUT2D eigenvalue weighted by atomic mass is 10.1. The highest BCUT2D eigenvalue weighted by atomic mass is 19.1. The molecule has 40 heavy (non-hydrogen) atoms. The molecule has 1 aromatic heterocycles. The van der Waals surface area contributed by atoms with Crippen LogP contribution in [0.4, 0.5) is 4.39 Å². The van der Waals surface area contributed by atoms with Gasteiger partial charge in [0.1, 0.15) is 23.6 Å². The van der Waals surface area contributed by atoms with Crippen molar-refractivity contribution in [3.05, 3.63) is 114 Å². The molecule has 1 fully saturated rings. The van der Waals surface area contributed by atoms with Gasteiger partial charge in [-0.2, -0.15) is 0 Å². The second kappa shape index (κ2) is 13.8. The Morgan fingerprint density at radius 1 is 0.925 bits per heavy atom. The molecule has 0 bridgehead atoms. The Morgan fingerprint density at radius 3 is 2.48 bits per heavy atom. The second-order valence-corrected chi connectivity index (χ2v) is 9.67. The zero-order valence-electron chi connectivity index (χ0n) is 22.3. The number of carbonyl (C=O) groups excluding carboxylic acids is 1. The first kappa shape index (κ1) is 27.5. The van der Waals surface area contributed by atoms with Crippen LogP contribution in [0.25, 0.3) is 0 Å². The first-order valence-electron chi connectivity index (χ1n) is 13.4. The molecule has 3 aromatic carbocycles. The van der Waals surface area contributed by atoms with Crippen molar-refractivity contribution in [2.45, 2.75) is 19.6 Å². The molecule has 208 valence electrons. The van der Waals surface area contributed by atoms with Crippen LogP contribution < -0.4 is 10.1 Å². The summed E-state index contributed by atoms with van der Waals surface area (Å²) in [4.78, 5) is 21.5. The Balaban J connectivity index is 1.23. The van der Waals surface area contributed by atoms with E-state index < -0.39 is 0 Å². The summed E-state index contributed by atoms with van der Waals surface area (Å²) in [6, 6.07) is 23.9. The van der Waals surface area contributed by atoms with Crippen molar-refractivity contribution >= 4 is 5.91 Å². The van der Waals surface area contributed by atoms with Crippen LogP contribution in [0, 0.1) is 5.82 Å². The molecule has 2 heterocycles. The molecule has 1 N–H and O–H groups in total. The number of morpholine rings is 1. The van der Waals surface area contributed by atoms with E-state index in [1.54, 1.807) is 12.1 Å². The molecule has 0 spiro atoms. The van der Waals surface area contributed by atoms with Gasteiger partial charge in [-0.05, 0) is 47.5 Å². The molecule has 0 aliphatic carbocycles. The third kappa shape index (κ3) is 8.22. The number of para-hydroxylation sites is 1. The van der Waals surface area contributed by atoms with Crippen molar-refractivity contribution in [1.29, 1.82) is 0 Å². The Labute approximate surface area is 233 Å². The fourth-order valence-electron chi connectivity index (χ4n) is 4.53. The highest BCUT2D eigenvalue weighted by molar-refractivity contribution is 5.91. The van der Waals surface area contributed by atoms with Gasteiger partial charge in [0.15, 0.2) is 5.69 Å². The molecule has 1 aliphatic rings. The Hall–Kier alpha value is -4.05. The van der Waals surface area contributed by atoms with Crippen LogP contribution in [0.15, 0.2) is 89.5 Å². The topological polar surface area (TPSA) is 80.1 Å². The van der Waals surface area contributed by atoms with Crippen LogP contribution in [0.3, 0.4) is 0 Å². The molecule has 1 saturated heterocycles. The third-order valence-corrected chi connectivity index (χ3v) is 6.56. The van der Waals surface area contributed by atoms with E-state index in [-0.39, 0.29) is 17.4 Å². The molecule has 9 heteroatoms. The van der Waals surface area contributed by atoms with Gasteiger partial charge in [-0.25, -0.2) is 9.37 Å². The van der Waals surface area contributed by atoms with Crippen molar-refractivity contribution in [1.82, 2.24) is 20.1 Å². The quantitative estimate of drug-likeness (QED) is 0.273.